The van der Waals surface area contributed by atoms with Crippen LogP contribution in [0.4, 0.5) is 0 Å². The number of primary amides is 1. The van der Waals surface area contributed by atoms with Crippen molar-refractivity contribution < 1.29 is 14.4 Å². The molecule has 0 aliphatic carbocycles. The van der Waals surface area contributed by atoms with Crippen LogP contribution in [0.1, 0.15) is 12.8 Å². The van der Waals surface area contributed by atoms with Crippen molar-refractivity contribution in [3.8, 4) is 0 Å². The highest BCUT2D eigenvalue weighted by Crippen LogP contribution is 2.38. The van der Waals surface area contributed by atoms with Crippen LogP contribution < -0.4 is 27.4 Å². The number of nitrogens with two attached hydrogens (primary N) is 2. The van der Waals surface area contributed by atoms with Crippen molar-refractivity contribution in [2.24, 2.45) is 23.3 Å². The number of nitrogens with one attached hydrogen (secondary N) is 4. The monoisotopic (exact) mass is 282 g/mol. The predicted molar refractivity (Wildman–Crippen MR) is 69.2 cm³/mol. The number of hydrogen-bond donors (Lipinski definition) is 6. The van der Waals surface area contributed by atoms with E-state index in [4.69, 9.17) is 16.9 Å². The lowest BCUT2D eigenvalue weighted by Crippen LogP contribution is -2.58. The fourth-order valence-electron chi connectivity index (χ4n) is 3.00. The van der Waals surface area contributed by atoms with Crippen LogP contribution >= 0.6 is 0 Å². The van der Waals surface area contributed by atoms with Gasteiger partial charge in [0, 0.05) is 13.1 Å². The second kappa shape index (κ2) is 5.08. The van der Waals surface area contributed by atoms with Gasteiger partial charge in [0.05, 0.1) is 11.8 Å². The van der Waals surface area contributed by atoms with Gasteiger partial charge in [-0.3, -0.25) is 25.1 Å². The van der Waals surface area contributed by atoms with E-state index in [9.17, 15) is 14.4 Å². The van der Waals surface area contributed by atoms with E-state index >= 15 is 0 Å². The number of fused-ring (bicyclic) bond motifs is 1. The summed E-state index contributed by atoms with van der Waals surface area (Å²) in [5.41, 5.74) is 9.41. The molecule has 20 heavy (non-hydrogen) atoms. The zero-order chi connectivity index (χ0) is 14.9. The molecule has 2 fully saturated rings. The van der Waals surface area contributed by atoms with Crippen LogP contribution in [-0.4, -0.2) is 42.3 Å². The summed E-state index contributed by atoms with van der Waals surface area (Å²) in [4.78, 5) is 35.3. The van der Waals surface area contributed by atoms with E-state index in [1.165, 1.54) is 0 Å². The van der Waals surface area contributed by atoms with E-state index in [0.717, 1.165) is 0 Å². The Hall–Kier alpha value is -2.16. The zero-order valence-corrected chi connectivity index (χ0v) is 10.9. The summed E-state index contributed by atoms with van der Waals surface area (Å²) in [6, 6.07) is 0. The van der Waals surface area contributed by atoms with Gasteiger partial charge in [-0.15, -0.1) is 0 Å². The molecule has 0 spiro atoms. The van der Waals surface area contributed by atoms with Crippen LogP contribution in [0.25, 0.3) is 0 Å². The predicted octanol–water partition coefficient (Wildman–Crippen LogP) is -3.03. The first kappa shape index (κ1) is 14.3. The summed E-state index contributed by atoms with van der Waals surface area (Å²) in [5, 5.41) is 14.9. The summed E-state index contributed by atoms with van der Waals surface area (Å²) < 4.78 is 0. The number of carbonyl (C=O) groups excluding carboxylic acids is 3. The first-order chi connectivity index (χ1) is 9.38. The molecule has 3 unspecified atom stereocenters. The summed E-state index contributed by atoms with van der Waals surface area (Å²) in [7, 11) is 0. The minimum Gasteiger partial charge on any atom is -0.370 e. The van der Waals surface area contributed by atoms with Gasteiger partial charge in [0.1, 0.15) is 5.54 Å². The van der Waals surface area contributed by atoms with Gasteiger partial charge in [0.15, 0.2) is 5.96 Å². The number of guanidine groups is 1. The van der Waals surface area contributed by atoms with Crippen molar-refractivity contribution in [3.05, 3.63) is 0 Å². The highest BCUT2D eigenvalue weighted by molar-refractivity contribution is 6.09. The van der Waals surface area contributed by atoms with Gasteiger partial charge in [-0.25, -0.2) is 0 Å². The molecule has 110 valence electrons. The first-order valence-electron chi connectivity index (χ1n) is 6.36. The quantitative estimate of drug-likeness (QED) is 0.136. The molecule has 3 amide bonds. The van der Waals surface area contributed by atoms with Gasteiger partial charge >= 0.3 is 0 Å². The Bertz CT molecular complexity index is 479. The molecule has 9 nitrogen and oxygen atoms in total. The molecule has 2 aliphatic heterocycles. The fourth-order valence-corrected chi connectivity index (χ4v) is 3.00. The Labute approximate surface area is 115 Å². The molecule has 0 bridgehead atoms. The standard InChI is InChI=1S/C11H18N6O3/c12-9(20)11(2-1-3-15-10(13)14)6-5(4-16-11)7(18)17-8(6)19/h5-6,16H,1-4H2,(H2,12,20)(H4,13,14,15)(H,17,18,19). The Morgan fingerprint density at radius 2 is 2.10 bits per heavy atom. The normalized spacial score (nSPS) is 31.8. The SMILES string of the molecule is N=C(N)NCCCC1(C(N)=O)NCC2C(=O)NC(=O)C21. The lowest BCUT2D eigenvalue weighted by atomic mass is 9.78. The third-order valence-electron chi connectivity index (χ3n) is 3.94. The maximum atomic E-state index is 11.9. The summed E-state index contributed by atoms with van der Waals surface area (Å²) >= 11 is 0. The second-order valence-corrected chi connectivity index (χ2v) is 5.10. The molecule has 2 aliphatic rings. The van der Waals surface area contributed by atoms with Gasteiger partial charge in [-0.05, 0) is 12.8 Å². The van der Waals surface area contributed by atoms with Gasteiger partial charge in [0.2, 0.25) is 17.7 Å². The number of carbonyl (C=O) groups is 3. The maximum absolute atomic E-state index is 11.9. The third kappa shape index (κ3) is 2.20. The van der Waals surface area contributed by atoms with Gasteiger partial charge in [-0.1, -0.05) is 0 Å². The van der Waals surface area contributed by atoms with E-state index in [0.29, 0.717) is 19.4 Å². The molecule has 2 saturated heterocycles. The average molecular weight is 282 g/mol. The van der Waals surface area contributed by atoms with Crippen LogP contribution in [0.3, 0.4) is 0 Å². The van der Waals surface area contributed by atoms with E-state index < -0.39 is 29.2 Å². The van der Waals surface area contributed by atoms with Crippen LogP contribution in [0.15, 0.2) is 0 Å². The number of imide groups is 1. The van der Waals surface area contributed by atoms with Crippen LogP contribution in [0.2, 0.25) is 0 Å². The van der Waals surface area contributed by atoms with E-state index in [1.54, 1.807) is 0 Å². The highest BCUT2D eigenvalue weighted by atomic mass is 16.2. The summed E-state index contributed by atoms with van der Waals surface area (Å²) in [6.07, 6.45) is 0.782. The molecule has 0 saturated carbocycles. The van der Waals surface area contributed by atoms with Crippen LogP contribution in [-0.2, 0) is 14.4 Å². The summed E-state index contributed by atoms with van der Waals surface area (Å²) in [6.45, 7) is 0.643. The highest BCUT2D eigenvalue weighted by Gasteiger charge is 2.61. The van der Waals surface area contributed by atoms with Crippen molar-refractivity contribution in [2.75, 3.05) is 13.1 Å². The summed E-state index contributed by atoms with van der Waals surface area (Å²) in [5.74, 6) is -2.93. The molecule has 0 aromatic heterocycles. The van der Waals surface area contributed by atoms with Crippen molar-refractivity contribution in [1.82, 2.24) is 16.0 Å². The minimum atomic E-state index is -1.21. The first-order valence-corrected chi connectivity index (χ1v) is 6.36. The van der Waals surface area contributed by atoms with E-state index in [1.807, 2.05) is 0 Å². The molecule has 3 atom stereocenters. The van der Waals surface area contributed by atoms with Crippen molar-refractivity contribution in [3.63, 3.8) is 0 Å². The molecule has 0 radical (unpaired) electrons. The molecule has 0 aromatic carbocycles. The topological polar surface area (TPSA) is 163 Å². The Morgan fingerprint density at radius 3 is 2.70 bits per heavy atom. The Kier molecular flexibility index (Phi) is 3.62. The third-order valence-corrected chi connectivity index (χ3v) is 3.94. The smallest absolute Gasteiger partial charge is 0.238 e. The Balaban J connectivity index is 2.11. The van der Waals surface area contributed by atoms with Crippen molar-refractivity contribution in [1.29, 1.82) is 5.41 Å². The van der Waals surface area contributed by atoms with E-state index in [-0.39, 0.29) is 18.4 Å². The second-order valence-electron chi connectivity index (χ2n) is 5.10. The number of rotatable bonds is 5. The zero-order valence-electron chi connectivity index (χ0n) is 10.9. The number of amides is 3. The average Bonchev–Trinajstić information content (AvgIpc) is 2.86. The van der Waals surface area contributed by atoms with E-state index in [2.05, 4.69) is 16.0 Å². The molecule has 2 rings (SSSR count). The van der Waals surface area contributed by atoms with Gasteiger partial charge < -0.3 is 22.1 Å². The molecule has 9 heteroatoms. The van der Waals surface area contributed by atoms with Gasteiger partial charge in [-0.2, -0.15) is 0 Å². The molecule has 0 aromatic rings. The van der Waals surface area contributed by atoms with Gasteiger partial charge in [0.25, 0.3) is 0 Å². The van der Waals surface area contributed by atoms with Crippen molar-refractivity contribution in [2.45, 2.75) is 18.4 Å². The van der Waals surface area contributed by atoms with Crippen LogP contribution in [0, 0.1) is 17.2 Å². The number of hydrogen-bond acceptors (Lipinski definition) is 5. The fraction of sp³-hybridized carbons (Fsp3) is 0.636. The van der Waals surface area contributed by atoms with Crippen LogP contribution in [0.5, 0.6) is 0 Å². The minimum absolute atomic E-state index is 0.163. The maximum Gasteiger partial charge on any atom is 0.238 e. The lowest BCUT2D eigenvalue weighted by molar-refractivity contribution is -0.133. The van der Waals surface area contributed by atoms with Crippen molar-refractivity contribution >= 4 is 23.7 Å². The molecular weight excluding hydrogens is 264 g/mol. The molecule has 2 heterocycles. The lowest BCUT2D eigenvalue weighted by Gasteiger charge is -2.30. The molecular formula is C11H18N6O3. The molecule has 8 N–H and O–H groups in total. The Morgan fingerprint density at radius 1 is 1.40 bits per heavy atom. The largest absolute Gasteiger partial charge is 0.370 e.